The minimum absolute atomic E-state index is 0.139. The molecule has 0 aliphatic heterocycles. The van der Waals surface area contributed by atoms with Gasteiger partial charge in [0.1, 0.15) is 5.75 Å². The largest absolute Gasteiger partial charge is 0.508 e. The first-order valence-electron chi connectivity index (χ1n) is 7.16. The van der Waals surface area contributed by atoms with Crippen molar-refractivity contribution >= 4 is 5.91 Å². The summed E-state index contributed by atoms with van der Waals surface area (Å²) in [5.74, 6) is 0.932. The van der Waals surface area contributed by atoms with Crippen molar-refractivity contribution in [1.29, 1.82) is 0 Å². The summed E-state index contributed by atoms with van der Waals surface area (Å²) in [4.78, 5) is 14.2. The van der Waals surface area contributed by atoms with Gasteiger partial charge in [-0.25, -0.2) is 0 Å². The van der Waals surface area contributed by atoms with Crippen LogP contribution >= 0.6 is 0 Å². The van der Waals surface area contributed by atoms with Gasteiger partial charge in [0.2, 0.25) is 5.91 Å². The summed E-state index contributed by atoms with van der Waals surface area (Å²) in [6, 6.07) is 6.93. The van der Waals surface area contributed by atoms with E-state index < -0.39 is 0 Å². The monoisotopic (exact) mass is 263 g/mol. The van der Waals surface area contributed by atoms with Crippen molar-refractivity contribution < 1.29 is 9.90 Å². The Morgan fingerprint density at radius 3 is 2.47 bits per heavy atom. The van der Waals surface area contributed by atoms with Gasteiger partial charge in [-0.15, -0.1) is 0 Å². The fourth-order valence-corrected chi connectivity index (χ4v) is 2.22. The lowest BCUT2D eigenvalue weighted by Crippen LogP contribution is -2.36. The van der Waals surface area contributed by atoms with Crippen LogP contribution in [-0.2, 0) is 11.2 Å². The molecule has 106 valence electrons. The number of hydrogen-bond acceptors (Lipinski definition) is 2. The topological polar surface area (TPSA) is 40.5 Å². The van der Waals surface area contributed by atoms with Crippen molar-refractivity contribution in [3.8, 4) is 5.75 Å². The van der Waals surface area contributed by atoms with E-state index in [1.165, 1.54) is 0 Å². The number of aromatic hydroxyl groups is 1. The van der Waals surface area contributed by atoms with Crippen LogP contribution < -0.4 is 0 Å². The van der Waals surface area contributed by atoms with Gasteiger partial charge in [-0.3, -0.25) is 4.79 Å². The van der Waals surface area contributed by atoms with Gasteiger partial charge >= 0.3 is 0 Å². The number of likely N-dealkylation sites (N-methyl/N-ethyl adjacent to an activating group) is 1. The van der Waals surface area contributed by atoms with E-state index in [0.29, 0.717) is 12.3 Å². The fraction of sp³-hybridized carbons (Fsp3) is 0.562. The maximum atomic E-state index is 12.3. The second-order valence-electron chi connectivity index (χ2n) is 4.96. The fourth-order valence-electron chi connectivity index (χ4n) is 2.22. The first-order valence-corrected chi connectivity index (χ1v) is 7.16. The van der Waals surface area contributed by atoms with Gasteiger partial charge in [0.05, 0.1) is 6.42 Å². The Kier molecular flexibility index (Phi) is 6.40. The molecule has 0 spiro atoms. The maximum absolute atomic E-state index is 12.3. The van der Waals surface area contributed by atoms with Crippen LogP contribution in [-0.4, -0.2) is 29.0 Å². The molecule has 1 N–H and O–H groups in total. The molecule has 1 aromatic carbocycles. The second-order valence-corrected chi connectivity index (χ2v) is 4.96. The van der Waals surface area contributed by atoms with Crippen LogP contribution in [0.5, 0.6) is 5.75 Å². The van der Waals surface area contributed by atoms with Crippen LogP contribution in [0, 0.1) is 5.92 Å². The Bertz CT molecular complexity index is 399. The van der Waals surface area contributed by atoms with E-state index in [9.17, 15) is 9.90 Å². The minimum atomic E-state index is 0.139. The highest BCUT2D eigenvalue weighted by atomic mass is 16.3. The average molecular weight is 263 g/mol. The Hall–Kier alpha value is -1.51. The molecule has 0 fully saturated rings. The molecule has 1 amide bonds. The van der Waals surface area contributed by atoms with Crippen LogP contribution in [0.4, 0.5) is 0 Å². The molecule has 0 aromatic heterocycles. The molecule has 3 nitrogen and oxygen atoms in total. The molecule has 0 aliphatic rings. The van der Waals surface area contributed by atoms with Crippen molar-refractivity contribution in [2.45, 2.75) is 40.0 Å². The lowest BCUT2D eigenvalue weighted by atomic mass is 10.0. The van der Waals surface area contributed by atoms with Gasteiger partial charge in [-0.1, -0.05) is 38.8 Å². The van der Waals surface area contributed by atoms with Crippen LogP contribution in [0.2, 0.25) is 0 Å². The molecule has 0 saturated heterocycles. The van der Waals surface area contributed by atoms with Crippen molar-refractivity contribution in [3.05, 3.63) is 29.8 Å². The first kappa shape index (κ1) is 15.5. The number of phenols is 1. The molecule has 3 heteroatoms. The van der Waals surface area contributed by atoms with E-state index in [1.54, 1.807) is 18.2 Å². The summed E-state index contributed by atoms with van der Waals surface area (Å²) in [5, 5.41) is 9.42. The lowest BCUT2D eigenvalue weighted by molar-refractivity contribution is -0.130. The molecule has 1 rings (SSSR count). The zero-order chi connectivity index (χ0) is 14.3. The van der Waals surface area contributed by atoms with Crippen molar-refractivity contribution in [1.82, 2.24) is 4.90 Å². The molecule has 1 aromatic rings. The number of carbonyl (C=O) groups excluding carboxylic acids is 1. The number of benzene rings is 1. The Labute approximate surface area is 116 Å². The van der Waals surface area contributed by atoms with Gasteiger partial charge in [0.15, 0.2) is 0 Å². The van der Waals surface area contributed by atoms with Crippen LogP contribution in [0.15, 0.2) is 24.3 Å². The molecule has 19 heavy (non-hydrogen) atoms. The molecule has 0 unspecified atom stereocenters. The summed E-state index contributed by atoms with van der Waals surface area (Å²) < 4.78 is 0. The highest BCUT2D eigenvalue weighted by molar-refractivity contribution is 5.78. The molecule has 0 saturated carbocycles. The summed E-state index contributed by atoms with van der Waals surface area (Å²) in [6.45, 7) is 7.93. The van der Waals surface area contributed by atoms with Gasteiger partial charge in [-0.05, 0) is 30.5 Å². The Balaban J connectivity index is 2.63. The SMILES string of the molecule is CCC(CC)CN(CC)C(=O)Cc1cccc(O)c1. The third kappa shape index (κ3) is 4.93. The Morgan fingerprint density at radius 1 is 1.26 bits per heavy atom. The first-order chi connectivity index (χ1) is 9.10. The van der Waals surface area contributed by atoms with E-state index in [-0.39, 0.29) is 11.7 Å². The predicted octanol–water partition coefficient (Wildman–Crippen LogP) is 3.22. The molecule has 0 heterocycles. The van der Waals surface area contributed by atoms with E-state index in [0.717, 1.165) is 31.5 Å². The lowest BCUT2D eigenvalue weighted by Gasteiger charge is -2.25. The number of nitrogens with zero attached hydrogens (tertiary/aromatic N) is 1. The second kappa shape index (κ2) is 7.82. The zero-order valence-corrected chi connectivity index (χ0v) is 12.2. The molecule has 0 aliphatic carbocycles. The van der Waals surface area contributed by atoms with Crippen LogP contribution in [0.3, 0.4) is 0 Å². The van der Waals surface area contributed by atoms with Crippen LogP contribution in [0.1, 0.15) is 39.2 Å². The number of hydrogen-bond donors (Lipinski definition) is 1. The number of amides is 1. The van der Waals surface area contributed by atoms with E-state index in [1.807, 2.05) is 17.9 Å². The third-order valence-corrected chi connectivity index (χ3v) is 3.63. The number of rotatable bonds is 7. The third-order valence-electron chi connectivity index (χ3n) is 3.63. The van der Waals surface area contributed by atoms with Crippen molar-refractivity contribution in [2.24, 2.45) is 5.92 Å². The van der Waals surface area contributed by atoms with Gasteiger partial charge in [0.25, 0.3) is 0 Å². The van der Waals surface area contributed by atoms with Gasteiger partial charge in [0, 0.05) is 13.1 Å². The predicted molar refractivity (Wildman–Crippen MR) is 78.1 cm³/mol. The summed E-state index contributed by atoms with van der Waals surface area (Å²) in [7, 11) is 0. The van der Waals surface area contributed by atoms with Crippen molar-refractivity contribution in [2.75, 3.05) is 13.1 Å². The minimum Gasteiger partial charge on any atom is -0.508 e. The number of phenolic OH excluding ortho intramolecular Hbond substituents is 1. The average Bonchev–Trinajstić information content (AvgIpc) is 2.40. The molecule has 0 radical (unpaired) electrons. The highest BCUT2D eigenvalue weighted by Gasteiger charge is 2.16. The normalized spacial score (nSPS) is 10.7. The summed E-state index contributed by atoms with van der Waals surface area (Å²) >= 11 is 0. The van der Waals surface area contributed by atoms with E-state index in [4.69, 9.17) is 0 Å². The van der Waals surface area contributed by atoms with Crippen LogP contribution in [0.25, 0.3) is 0 Å². The molecule has 0 bridgehead atoms. The quantitative estimate of drug-likeness (QED) is 0.820. The molecular weight excluding hydrogens is 238 g/mol. The van der Waals surface area contributed by atoms with E-state index >= 15 is 0 Å². The van der Waals surface area contributed by atoms with Gasteiger partial charge < -0.3 is 10.0 Å². The zero-order valence-electron chi connectivity index (χ0n) is 12.2. The Morgan fingerprint density at radius 2 is 1.95 bits per heavy atom. The van der Waals surface area contributed by atoms with Gasteiger partial charge in [-0.2, -0.15) is 0 Å². The standard InChI is InChI=1S/C16H25NO2/c1-4-13(5-2)12-17(6-3)16(19)11-14-8-7-9-15(18)10-14/h7-10,13,18H,4-6,11-12H2,1-3H3. The molecular formula is C16H25NO2. The highest BCUT2D eigenvalue weighted by Crippen LogP contribution is 2.14. The number of carbonyl (C=O) groups is 1. The van der Waals surface area contributed by atoms with Crippen molar-refractivity contribution in [3.63, 3.8) is 0 Å². The summed E-state index contributed by atoms with van der Waals surface area (Å²) in [5.41, 5.74) is 0.869. The van der Waals surface area contributed by atoms with E-state index in [2.05, 4.69) is 13.8 Å². The molecule has 0 atom stereocenters. The summed E-state index contributed by atoms with van der Waals surface area (Å²) in [6.07, 6.45) is 2.57. The smallest absolute Gasteiger partial charge is 0.226 e. The maximum Gasteiger partial charge on any atom is 0.226 e.